The summed E-state index contributed by atoms with van der Waals surface area (Å²) in [6.07, 6.45) is 2.48. The Balaban J connectivity index is 1.73. The minimum absolute atomic E-state index is 0.525. The molecular formula is C16H15N3O. The van der Waals surface area contributed by atoms with Crippen LogP contribution in [0.25, 0.3) is 10.8 Å². The maximum absolute atomic E-state index is 5.91. The highest BCUT2D eigenvalue weighted by molar-refractivity contribution is 5.85. The second kappa shape index (κ2) is 5.57. The van der Waals surface area contributed by atoms with E-state index in [0.717, 1.165) is 28.4 Å². The molecule has 0 amide bonds. The summed E-state index contributed by atoms with van der Waals surface area (Å²) in [6, 6.07) is 15.7. The van der Waals surface area contributed by atoms with Crippen LogP contribution >= 0.6 is 0 Å². The van der Waals surface area contributed by atoms with Crippen molar-refractivity contribution in [1.29, 1.82) is 0 Å². The smallest absolute Gasteiger partial charge is 0.241 e. The van der Waals surface area contributed by atoms with Gasteiger partial charge in [-0.3, -0.25) is 0 Å². The number of nitrogen functional groups attached to an aromatic ring is 1. The van der Waals surface area contributed by atoms with E-state index in [4.69, 9.17) is 10.5 Å². The Morgan fingerprint density at radius 2 is 1.80 bits per heavy atom. The molecule has 0 unspecified atom stereocenters. The molecule has 0 radical (unpaired) electrons. The summed E-state index contributed by atoms with van der Waals surface area (Å²) < 4.78 is 5.75. The van der Waals surface area contributed by atoms with E-state index >= 15 is 0 Å². The molecule has 0 fully saturated rings. The monoisotopic (exact) mass is 265 g/mol. The van der Waals surface area contributed by atoms with E-state index in [2.05, 4.69) is 10.2 Å². The molecule has 0 saturated heterocycles. The summed E-state index contributed by atoms with van der Waals surface area (Å²) in [7, 11) is 0. The van der Waals surface area contributed by atoms with E-state index in [0.29, 0.717) is 12.5 Å². The molecule has 0 aliphatic carbocycles. The van der Waals surface area contributed by atoms with Gasteiger partial charge in [-0.05, 0) is 17.7 Å². The van der Waals surface area contributed by atoms with Crippen LogP contribution in [-0.4, -0.2) is 16.8 Å². The van der Waals surface area contributed by atoms with Gasteiger partial charge in [0.2, 0.25) is 5.88 Å². The van der Waals surface area contributed by atoms with Crippen molar-refractivity contribution < 1.29 is 4.74 Å². The first kappa shape index (κ1) is 12.4. The zero-order valence-corrected chi connectivity index (χ0v) is 11.0. The molecule has 0 bridgehead atoms. The zero-order valence-electron chi connectivity index (χ0n) is 11.0. The van der Waals surface area contributed by atoms with E-state index in [1.54, 1.807) is 6.20 Å². The minimum Gasteiger partial charge on any atom is -0.476 e. The first-order chi connectivity index (χ1) is 9.84. The first-order valence-corrected chi connectivity index (χ1v) is 6.51. The zero-order chi connectivity index (χ0) is 13.8. The second-order valence-corrected chi connectivity index (χ2v) is 4.53. The number of nitrogens with two attached hydrogens (primary N) is 1. The van der Waals surface area contributed by atoms with Crippen molar-refractivity contribution in [3.8, 4) is 5.88 Å². The topological polar surface area (TPSA) is 61.0 Å². The molecule has 20 heavy (non-hydrogen) atoms. The van der Waals surface area contributed by atoms with Crippen LogP contribution in [0.15, 0.2) is 54.7 Å². The van der Waals surface area contributed by atoms with E-state index in [-0.39, 0.29) is 0 Å². The lowest BCUT2D eigenvalue weighted by atomic mass is 10.1. The fourth-order valence-corrected chi connectivity index (χ4v) is 2.13. The van der Waals surface area contributed by atoms with Gasteiger partial charge in [0.05, 0.1) is 12.8 Å². The summed E-state index contributed by atoms with van der Waals surface area (Å²) >= 11 is 0. The van der Waals surface area contributed by atoms with Crippen molar-refractivity contribution in [2.24, 2.45) is 0 Å². The Labute approximate surface area is 117 Å². The average Bonchev–Trinajstić information content (AvgIpc) is 2.49. The van der Waals surface area contributed by atoms with Gasteiger partial charge in [-0.25, -0.2) is 0 Å². The summed E-state index contributed by atoms with van der Waals surface area (Å²) in [5, 5.41) is 10.0. The average molecular weight is 265 g/mol. The Kier molecular flexibility index (Phi) is 3.46. The predicted octanol–water partition coefficient (Wildman–Crippen LogP) is 2.83. The van der Waals surface area contributed by atoms with Crippen LogP contribution in [0.4, 0.5) is 5.69 Å². The molecule has 1 aromatic heterocycles. The van der Waals surface area contributed by atoms with Gasteiger partial charge >= 0.3 is 0 Å². The number of rotatable bonds is 4. The molecule has 0 aliphatic rings. The van der Waals surface area contributed by atoms with E-state index in [9.17, 15) is 0 Å². The predicted molar refractivity (Wildman–Crippen MR) is 79.6 cm³/mol. The molecule has 4 nitrogen and oxygen atoms in total. The summed E-state index contributed by atoms with van der Waals surface area (Å²) in [5.41, 5.74) is 7.78. The highest BCUT2D eigenvalue weighted by Crippen LogP contribution is 2.21. The van der Waals surface area contributed by atoms with Crippen LogP contribution in [0.1, 0.15) is 5.56 Å². The Hall–Kier alpha value is -2.62. The van der Waals surface area contributed by atoms with Gasteiger partial charge in [0, 0.05) is 22.9 Å². The fraction of sp³-hybridized carbons (Fsp3) is 0.125. The number of benzene rings is 2. The summed E-state index contributed by atoms with van der Waals surface area (Å²) in [5.74, 6) is 0.567. The SMILES string of the molecule is Nc1ccccc1CCOc1nncc2ccccc12. The van der Waals surface area contributed by atoms with Crippen molar-refractivity contribution in [1.82, 2.24) is 10.2 Å². The molecular weight excluding hydrogens is 250 g/mol. The number of aromatic nitrogens is 2. The van der Waals surface area contributed by atoms with Gasteiger partial charge in [-0.2, -0.15) is 5.10 Å². The van der Waals surface area contributed by atoms with Gasteiger partial charge in [0.1, 0.15) is 0 Å². The van der Waals surface area contributed by atoms with Crippen molar-refractivity contribution in [2.45, 2.75) is 6.42 Å². The molecule has 1 heterocycles. The summed E-state index contributed by atoms with van der Waals surface area (Å²) in [4.78, 5) is 0. The Morgan fingerprint density at radius 1 is 1.00 bits per heavy atom. The third-order valence-corrected chi connectivity index (χ3v) is 3.20. The highest BCUT2D eigenvalue weighted by Gasteiger charge is 2.04. The Bertz CT molecular complexity index is 722. The normalized spacial score (nSPS) is 10.6. The van der Waals surface area contributed by atoms with Gasteiger partial charge in [0.15, 0.2) is 0 Å². The van der Waals surface area contributed by atoms with Gasteiger partial charge in [-0.1, -0.05) is 36.4 Å². The number of nitrogens with zero attached hydrogens (tertiary/aromatic N) is 2. The van der Waals surface area contributed by atoms with Gasteiger partial charge in [0.25, 0.3) is 0 Å². The lowest BCUT2D eigenvalue weighted by Gasteiger charge is -2.08. The number of hydrogen-bond donors (Lipinski definition) is 1. The molecule has 2 aromatic carbocycles. The van der Waals surface area contributed by atoms with Gasteiger partial charge in [-0.15, -0.1) is 5.10 Å². The minimum atomic E-state index is 0.525. The molecule has 0 aliphatic heterocycles. The van der Waals surface area contributed by atoms with Crippen LogP contribution in [-0.2, 0) is 6.42 Å². The quantitative estimate of drug-likeness (QED) is 0.737. The van der Waals surface area contributed by atoms with Crippen LogP contribution in [0, 0.1) is 0 Å². The molecule has 0 atom stereocenters. The maximum atomic E-state index is 5.91. The molecule has 100 valence electrons. The van der Waals surface area contributed by atoms with Crippen molar-refractivity contribution in [3.05, 3.63) is 60.3 Å². The number of anilines is 1. The van der Waals surface area contributed by atoms with Crippen LogP contribution < -0.4 is 10.5 Å². The second-order valence-electron chi connectivity index (χ2n) is 4.53. The van der Waals surface area contributed by atoms with Crippen LogP contribution in [0.5, 0.6) is 5.88 Å². The number of fused-ring (bicyclic) bond motifs is 1. The number of para-hydroxylation sites is 1. The molecule has 2 N–H and O–H groups in total. The van der Waals surface area contributed by atoms with Crippen molar-refractivity contribution >= 4 is 16.5 Å². The lowest BCUT2D eigenvalue weighted by Crippen LogP contribution is -2.05. The van der Waals surface area contributed by atoms with Crippen LogP contribution in [0.2, 0.25) is 0 Å². The lowest BCUT2D eigenvalue weighted by molar-refractivity contribution is 0.310. The van der Waals surface area contributed by atoms with E-state index < -0.39 is 0 Å². The highest BCUT2D eigenvalue weighted by atomic mass is 16.5. The van der Waals surface area contributed by atoms with Crippen molar-refractivity contribution in [2.75, 3.05) is 12.3 Å². The van der Waals surface area contributed by atoms with E-state index in [1.165, 1.54) is 0 Å². The van der Waals surface area contributed by atoms with Crippen LogP contribution in [0.3, 0.4) is 0 Å². The maximum Gasteiger partial charge on any atom is 0.241 e. The third-order valence-electron chi connectivity index (χ3n) is 3.20. The number of ether oxygens (including phenoxy) is 1. The summed E-state index contributed by atoms with van der Waals surface area (Å²) in [6.45, 7) is 0.525. The molecule has 3 aromatic rings. The Morgan fingerprint density at radius 3 is 2.70 bits per heavy atom. The molecule has 0 spiro atoms. The standard InChI is InChI=1S/C16H15N3O/c17-15-8-4-2-5-12(15)9-10-20-16-14-7-3-1-6-13(14)11-18-19-16/h1-8,11H,9-10,17H2. The largest absolute Gasteiger partial charge is 0.476 e. The molecule has 3 rings (SSSR count). The third kappa shape index (κ3) is 2.54. The van der Waals surface area contributed by atoms with Crippen molar-refractivity contribution in [3.63, 3.8) is 0 Å². The molecule has 0 saturated carbocycles. The first-order valence-electron chi connectivity index (χ1n) is 6.51. The molecule has 4 heteroatoms. The fourth-order valence-electron chi connectivity index (χ4n) is 2.13. The number of hydrogen-bond acceptors (Lipinski definition) is 4. The van der Waals surface area contributed by atoms with Gasteiger partial charge < -0.3 is 10.5 Å². The van der Waals surface area contributed by atoms with E-state index in [1.807, 2.05) is 48.5 Å².